The van der Waals surface area contributed by atoms with Crippen LogP contribution in [0.5, 0.6) is 0 Å². The van der Waals surface area contributed by atoms with Gasteiger partial charge in [-0.2, -0.15) is 0 Å². The molecule has 2 aliphatic heterocycles. The minimum atomic E-state index is -0.563. The Balaban J connectivity index is 1.84. The molecule has 2 N–H and O–H groups in total. The van der Waals surface area contributed by atoms with Gasteiger partial charge in [-0.1, -0.05) is 29.8 Å². The van der Waals surface area contributed by atoms with Crippen LogP contribution >= 0.6 is 0 Å². The molecule has 0 radical (unpaired) electrons. The van der Waals surface area contributed by atoms with Gasteiger partial charge in [-0.05, 0) is 32.3 Å². The fraction of sp³-hybridized carbons (Fsp3) is 0.556. The number of ether oxygens (including phenoxy) is 1. The average Bonchev–Trinajstić information content (AvgIpc) is 2.91. The van der Waals surface area contributed by atoms with Crippen LogP contribution in [0.2, 0.25) is 0 Å². The highest BCUT2D eigenvalue weighted by Crippen LogP contribution is 2.38. The monoisotopic (exact) mass is 332 g/mol. The van der Waals surface area contributed by atoms with Crippen LogP contribution in [0, 0.1) is 12.8 Å². The number of hydrogen-bond donors (Lipinski definition) is 2. The summed E-state index contributed by atoms with van der Waals surface area (Å²) >= 11 is 0. The Hall–Kier alpha value is -1.92. The van der Waals surface area contributed by atoms with Gasteiger partial charge in [0.15, 0.2) is 0 Å². The Labute approximate surface area is 141 Å². The molecule has 0 aliphatic carbocycles. The normalized spacial score (nSPS) is 30.5. The zero-order valence-corrected chi connectivity index (χ0v) is 14.1. The summed E-state index contributed by atoms with van der Waals surface area (Å²) in [6.45, 7) is 5.35. The molecule has 0 spiro atoms. The van der Waals surface area contributed by atoms with E-state index in [1.165, 1.54) is 0 Å². The zero-order valence-electron chi connectivity index (χ0n) is 14.1. The summed E-state index contributed by atoms with van der Waals surface area (Å²) in [6, 6.07) is 7.84. The van der Waals surface area contributed by atoms with E-state index in [1.54, 1.807) is 5.48 Å². The van der Waals surface area contributed by atoms with Gasteiger partial charge in [-0.15, -0.1) is 0 Å². The summed E-state index contributed by atoms with van der Waals surface area (Å²) in [7, 11) is 0. The molecule has 6 nitrogen and oxygen atoms in total. The number of amides is 2. The molecule has 2 saturated heterocycles. The first-order chi connectivity index (χ1) is 11.5. The zero-order chi connectivity index (χ0) is 17.3. The molecule has 2 fully saturated rings. The van der Waals surface area contributed by atoms with E-state index < -0.39 is 17.2 Å². The number of carbonyl (C=O) groups excluding carboxylic acids is 2. The van der Waals surface area contributed by atoms with E-state index in [9.17, 15) is 9.59 Å². The van der Waals surface area contributed by atoms with Crippen molar-refractivity contribution >= 4 is 11.8 Å². The molecule has 2 aliphatic rings. The first kappa shape index (κ1) is 16.9. The minimum Gasteiger partial charge on any atom is -0.380 e. The lowest BCUT2D eigenvalue weighted by Gasteiger charge is -2.37. The molecule has 3 rings (SSSR count). The number of hydrogen-bond acceptors (Lipinski definition) is 4. The van der Waals surface area contributed by atoms with Gasteiger partial charge in [-0.3, -0.25) is 14.8 Å². The highest BCUT2D eigenvalue weighted by atomic mass is 16.5. The van der Waals surface area contributed by atoms with Crippen LogP contribution in [0.3, 0.4) is 0 Å². The number of nitrogens with zero attached hydrogens (tertiary/aromatic N) is 1. The predicted octanol–water partition coefficient (Wildman–Crippen LogP) is 1.40. The van der Waals surface area contributed by atoms with Gasteiger partial charge in [-0.25, -0.2) is 5.48 Å². The van der Waals surface area contributed by atoms with Crippen molar-refractivity contribution in [3.63, 3.8) is 0 Å². The standard InChI is InChI=1S/C18H24N2O4/c1-12-3-5-13(6-4-12)18(2)8-9-20(17(18)22)15-7-10-24-11-14(15)16(21)19-23/h3-6,14-15,23H,7-11H2,1-2H3,(H,19,21). The van der Waals surface area contributed by atoms with Gasteiger partial charge in [0.25, 0.3) is 5.91 Å². The molecule has 3 unspecified atom stereocenters. The second-order valence-electron chi connectivity index (χ2n) is 6.96. The molecule has 0 bridgehead atoms. The summed E-state index contributed by atoms with van der Waals surface area (Å²) in [6.07, 6.45) is 1.33. The number of likely N-dealkylation sites (tertiary alicyclic amines) is 1. The highest BCUT2D eigenvalue weighted by Gasteiger charge is 2.49. The SMILES string of the molecule is Cc1ccc(C2(C)CCN(C3CCOCC3C(=O)NO)C2=O)cc1. The number of benzene rings is 1. The van der Waals surface area contributed by atoms with Crippen LogP contribution in [0.4, 0.5) is 0 Å². The van der Waals surface area contributed by atoms with Crippen LogP contribution < -0.4 is 5.48 Å². The molecular formula is C18H24N2O4. The predicted molar refractivity (Wildman–Crippen MR) is 87.5 cm³/mol. The van der Waals surface area contributed by atoms with Crippen molar-refractivity contribution in [3.05, 3.63) is 35.4 Å². The summed E-state index contributed by atoms with van der Waals surface area (Å²) in [5.41, 5.74) is 3.31. The average molecular weight is 332 g/mol. The van der Waals surface area contributed by atoms with Gasteiger partial charge in [0.1, 0.15) is 0 Å². The van der Waals surface area contributed by atoms with Crippen LogP contribution in [-0.2, 0) is 19.7 Å². The third kappa shape index (κ3) is 2.80. The Morgan fingerprint density at radius 1 is 1.38 bits per heavy atom. The molecule has 1 aromatic rings. The Bertz CT molecular complexity index is 630. The smallest absolute Gasteiger partial charge is 0.250 e. The van der Waals surface area contributed by atoms with E-state index in [4.69, 9.17) is 9.94 Å². The Morgan fingerprint density at radius 3 is 2.75 bits per heavy atom. The van der Waals surface area contributed by atoms with Gasteiger partial charge in [0.05, 0.1) is 17.9 Å². The Kier molecular flexibility index (Phi) is 4.60. The maximum Gasteiger partial charge on any atom is 0.250 e. The number of nitrogens with one attached hydrogen (secondary N) is 1. The quantitative estimate of drug-likeness (QED) is 0.648. The lowest BCUT2D eigenvalue weighted by molar-refractivity contribution is -0.147. The van der Waals surface area contributed by atoms with Crippen LogP contribution in [0.25, 0.3) is 0 Å². The van der Waals surface area contributed by atoms with Crippen molar-refractivity contribution in [2.75, 3.05) is 19.8 Å². The molecular weight excluding hydrogens is 308 g/mol. The van der Waals surface area contributed by atoms with Crippen molar-refractivity contribution in [2.24, 2.45) is 5.92 Å². The van der Waals surface area contributed by atoms with Crippen molar-refractivity contribution in [2.45, 2.75) is 38.1 Å². The second-order valence-corrected chi connectivity index (χ2v) is 6.96. The van der Waals surface area contributed by atoms with Crippen molar-refractivity contribution < 1.29 is 19.5 Å². The molecule has 130 valence electrons. The van der Waals surface area contributed by atoms with E-state index in [0.717, 1.165) is 17.5 Å². The molecule has 3 atom stereocenters. The van der Waals surface area contributed by atoms with Crippen molar-refractivity contribution in [1.82, 2.24) is 10.4 Å². The topological polar surface area (TPSA) is 78.9 Å². The lowest BCUT2D eigenvalue weighted by Crippen LogP contribution is -2.53. The molecule has 1 aromatic carbocycles. The van der Waals surface area contributed by atoms with E-state index in [2.05, 4.69) is 0 Å². The number of hydroxylamine groups is 1. The molecule has 2 amide bonds. The third-order valence-corrected chi connectivity index (χ3v) is 5.44. The minimum absolute atomic E-state index is 0.0500. The first-order valence-electron chi connectivity index (χ1n) is 8.37. The fourth-order valence-electron chi connectivity index (χ4n) is 3.81. The van der Waals surface area contributed by atoms with E-state index in [1.807, 2.05) is 43.0 Å². The molecule has 6 heteroatoms. The highest BCUT2D eigenvalue weighted by molar-refractivity contribution is 5.91. The summed E-state index contributed by atoms with van der Waals surface area (Å²) in [4.78, 5) is 26.9. The van der Waals surface area contributed by atoms with Crippen LogP contribution in [-0.4, -0.2) is 47.7 Å². The summed E-state index contributed by atoms with van der Waals surface area (Å²) in [5, 5.41) is 8.96. The van der Waals surface area contributed by atoms with Crippen molar-refractivity contribution in [3.8, 4) is 0 Å². The first-order valence-corrected chi connectivity index (χ1v) is 8.37. The molecule has 24 heavy (non-hydrogen) atoms. The Morgan fingerprint density at radius 2 is 2.08 bits per heavy atom. The number of carbonyl (C=O) groups is 2. The molecule has 0 aromatic heterocycles. The maximum atomic E-state index is 13.2. The van der Waals surface area contributed by atoms with Crippen LogP contribution in [0.1, 0.15) is 30.9 Å². The van der Waals surface area contributed by atoms with Gasteiger partial charge >= 0.3 is 0 Å². The lowest BCUT2D eigenvalue weighted by atomic mass is 9.80. The second kappa shape index (κ2) is 6.53. The summed E-state index contributed by atoms with van der Waals surface area (Å²) < 4.78 is 5.37. The van der Waals surface area contributed by atoms with Gasteiger partial charge < -0.3 is 9.64 Å². The summed E-state index contributed by atoms with van der Waals surface area (Å²) in [5.74, 6) is -0.974. The van der Waals surface area contributed by atoms with E-state index >= 15 is 0 Å². The number of aryl methyl sites for hydroxylation is 1. The largest absolute Gasteiger partial charge is 0.380 e. The maximum absolute atomic E-state index is 13.2. The van der Waals surface area contributed by atoms with E-state index in [0.29, 0.717) is 19.6 Å². The van der Waals surface area contributed by atoms with Crippen molar-refractivity contribution in [1.29, 1.82) is 0 Å². The van der Waals surface area contributed by atoms with Gasteiger partial charge in [0.2, 0.25) is 5.91 Å². The van der Waals surface area contributed by atoms with E-state index in [-0.39, 0.29) is 18.6 Å². The van der Waals surface area contributed by atoms with Gasteiger partial charge in [0, 0.05) is 19.2 Å². The molecule has 0 saturated carbocycles. The fourth-order valence-corrected chi connectivity index (χ4v) is 3.81. The third-order valence-electron chi connectivity index (χ3n) is 5.44. The van der Waals surface area contributed by atoms with Crippen LogP contribution in [0.15, 0.2) is 24.3 Å². The molecule has 2 heterocycles. The number of rotatable bonds is 3.